The quantitative estimate of drug-likeness (QED) is 0.853. The summed E-state index contributed by atoms with van der Waals surface area (Å²) < 4.78 is 5.92. The normalized spacial score (nSPS) is 13.0. The number of phenols is 1. The van der Waals surface area contributed by atoms with Crippen LogP contribution in [0.15, 0.2) is 50.5 Å². The molecule has 1 unspecified atom stereocenters. The first kappa shape index (κ1) is 12.9. The van der Waals surface area contributed by atoms with Gasteiger partial charge in [0.2, 0.25) is 0 Å². The molecule has 2 aromatic rings. The molecule has 0 saturated carbocycles. The third-order valence-corrected chi connectivity index (χ3v) is 2.86. The summed E-state index contributed by atoms with van der Waals surface area (Å²) in [4.78, 5) is 4.08. The van der Waals surface area contributed by atoms with Crippen LogP contribution in [0.5, 0.6) is 5.75 Å². The lowest BCUT2D eigenvalue weighted by atomic mass is 10.2. The minimum Gasteiger partial charge on any atom is -0.507 e. The molecular weight excluding hydrogens is 298 g/mol. The topological polar surface area (TPSA) is 66.0 Å². The van der Waals surface area contributed by atoms with E-state index in [-0.39, 0.29) is 12.3 Å². The van der Waals surface area contributed by atoms with Gasteiger partial charge in [0.1, 0.15) is 17.6 Å². The third kappa shape index (κ3) is 3.21. The number of phenolic OH excluding ortho intramolecular Hbond substituents is 1. The molecule has 0 aliphatic carbocycles. The van der Waals surface area contributed by atoms with E-state index in [9.17, 15) is 10.2 Å². The van der Waals surface area contributed by atoms with Gasteiger partial charge in [-0.2, -0.15) is 0 Å². The Kier molecular flexibility index (Phi) is 4.17. The van der Waals surface area contributed by atoms with E-state index >= 15 is 0 Å². The van der Waals surface area contributed by atoms with Gasteiger partial charge in [-0.15, -0.1) is 0 Å². The standard InChI is InChI=1S/C13H12BrNO3/c14-10-3-4-11(16)9(6-10)7-15-8-12(17)13-2-1-5-18-13/h1-7,12,16-17H,8H2. The highest BCUT2D eigenvalue weighted by Gasteiger charge is 2.08. The maximum absolute atomic E-state index is 9.73. The molecule has 1 aromatic carbocycles. The summed E-state index contributed by atoms with van der Waals surface area (Å²) in [5.41, 5.74) is 0.594. The highest BCUT2D eigenvalue weighted by Crippen LogP contribution is 2.20. The first-order valence-electron chi connectivity index (χ1n) is 5.36. The average molecular weight is 310 g/mol. The predicted octanol–water partition coefficient (Wildman–Crippen LogP) is 2.90. The minimum atomic E-state index is -0.773. The molecule has 0 fully saturated rings. The van der Waals surface area contributed by atoms with Gasteiger partial charge in [0.25, 0.3) is 0 Å². The zero-order valence-electron chi connectivity index (χ0n) is 9.45. The lowest BCUT2D eigenvalue weighted by Gasteiger charge is -2.03. The van der Waals surface area contributed by atoms with Crippen LogP contribution in [0.2, 0.25) is 0 Å². The first-order valence-corrected chi connectivity index (χ1v) is 6.16. The van der Waals surface area contributed by atoms with Gasteiger partial charge in [-0.25, -0.2) is 0 Å². The third-order valence-electron chi connectivity index (χ3n) is 2.37. The van der Waals surface area contributed by atoms with Crippen molar-refractivity contribution in [2.24, 2.45) is 4.99 Å². The van der Waals surface area contributed by atoms with E-state index in [1.165, 1.54) is 12.5 Å². The molecular formula is C13H12BrNO3. The average Bonchev–Trinajstić information content (AvgIpc) is 2.87. The molecule has 4 nitrogen and oxygen atoms in total. The molecule has 5 heteroatoms. The van der Waals surface area contributed by atoms with Crippen molar-refractivity contribution in [2.45, 2.75) is 6.10 Å². The molecule has 0 saturated heterocycles. The lowest BCUT2D eigenvalue weighted by molar-refractivity contribution is 0.159. The highest BCUT2D eigenvalue weighted by atomic mass is 79.9. The number of aliphatic hydroxyl groups is 1. The number of halogens is 1. The lowest BCUT2D eigenvalue weighted by Crippen LogP contribution is -2.00. The molecule has 0 aliphatic heterocycles. The number of benzene rings is 1. The summed E-state index contributed by atoms with van der Waals surface area (Å²) in [6, 6.07) is 8.47. The molecule has 0 amide bonds. The van der Waals surface area contributed by atoms with Crippen molar-refractivity contribution in [3.63, 3.8) is 0 Å². The Bertz CT molecular complexity index is 537. The molecule has 0 spiro atoms. The van der Waals surface area contributed by atoms with Gasteiger partial charge in [-0.05, 0) is 30.3 Å². The van der Waals surface area contributed by atoms with Gasteiger partial charge < -0.3 is 14.6 Å². The van der Waals surface area contributed by atoms with Crippen LogP contribution in [0, 0.1) is 0 Å². The van der Waals surface area contributed by atoms with Crippen molar-refractivity contribution >= 4 is 22.1 Å². The van der Waals surface area contributed by atoms with Crippen molar-refractivity contribution < 1.29 is 14.6 Å². The summed E-state index contributed by atoms with van der Waals surface area (Å²) in [5.74, 6) is 0.625. The fraction of sp³-hybridized carbons (Fsp3) is 0.154. The molecule has 1 heterocycles. The number of hydrogen-bond acceptors (Lipinski definition) is 4. The SMILES string of the molecule is Oc1ccc(Br)cc1C=NCC(O)c1ccco1. The van der Waals surface area contributed by atoms with E-state index in [1.54, 1.807) is 30.3 Å². The maximum atomic E-state index is 9.73. The summed E-state index contributed by atoms with van der Waals surface area (Å²) in [7, 11) is 0. The van der Waals surface area contributed by atoms with Crippen LogP contribution < -0.4 is 0 Å². The number of aromatic hydroxyl groups is 1. The Labute approximate surface area is 113 Å². The van der Waals surface area contributed by atoms with Crippen molar-refractivity contribution in [1.29, 1.82) is 0 Å². The monoisotopic (exact) mass is 309 g/mol. The molecule has 94 valence electrons. The molecule has 0 radical (unpaired) electrons. The second kappa shape index (κ2) is 5.84. The number of nitrogens with zero attached hydrogens (tertiary/aromatic N) is 1. The van der Waals surface area contributed by atoms with Gasteiger partial charge >= 0.3 is 0 Å². The van der Waals surface area contributed by atoms with Gasteiger partial charge in [-0.3, -0.25) is 4.99 Å². The van der Waals surface area contributed by atoms with Crippen LogP contribution in [-0.2, 0) is 0 Å². The van der Waals surface area contributed by atoms with E-state index in [0.717, 1.165) is 4.47 Å². The zero-order chi connectivity index (χ0) is 13.0. The highest BCUT2D eigenvalue weighted by molar-refractivity contribution is 9.10. The molecule has 0 bridgehead atoms. The van der Waals surface area contributed by atoms with E-state index in [4.69, 9.17) is 4.42 Å². The first-order chi connectivity index (χ1) is 8.66. The Morgan fingerprint density at radius 2 is 2.22 bits per heavy atom. The molecule has 2 N–H and O–H groups in total. The fourth-order valence-electron chi connectivity index (χ4n) is 1.45. The predicted molar refractivity (Wildman–Crippen MR) is 71.9 cm³/mol. The van der Waals surface area contributed by atoms with Gasteiger partial charge in [0.05, 0.1) is 12.8 Å². The van der Waals surface area contributed by atoms with Crippen LogP contribution in [0.4, 0.5) is 0 Å². The Morgan fingerprint density at radius 1 is 1.39 bits per heavy atom. The van der Waals surface area contributed by atoms with E-state index < -0.39 is 6.10 Å². The smallest absolute Gasteiger partial charge is 0.134 e. The number of aliphatic imine (C=N–C) groups is 1. The van der Waals surface area contributed by atoms with Crippen molar-refractivity contribution in [2.75, 3.05) is 6.54 Å². The summed E-state index contributed by atoms with van der Waals surface area (Å²) in [6.07, 6.45) is 2.25. The summed E-state index contributed by atoms with van der Waals surface area (Å²) in [6.45, 7) is 0.180. The Hall–Kier alpha value is -1.59. The summed E-state index contributed by atoms with van der Waals surface area (Å²) >= 11 is 3.31. The van der Waals surface area contributed by atoms with Crippen LogP contribution in [0.1, 0.15) is 17.4 Å². The molecule has 1 aromatic heterocycles. The van der Waals surface area contributed by atoms with Gasteiger partial charge in [0, 0.05) is 16.3 Å². The number of furan rings is 1. The molecule has 0 aliphatic rings. The fourth-order valence-corrected chi connectivity index (χ4v) is 1.83. The maximum Gasteiger partial charge on any atom is 0.134 e. The Balaban J connectivity index is 2.01. The van der Waals surface area contributed by atoms with Crippen LogP contribution in [0.3, 0.4) is 0 Å². The van der Waals surface area contributed by atoms with E-state index in [0.29, 0.717) is 11.3 Å². The molecule has 18 heavy (non-hydrogen) atoms. The van der Waals surface area contributed by atoms with Gasteiger partial charge in [-0.1, -0.05) is 15.9 Å². The van der Waals surface area contributed by atoms with Crippen LogP contribution in [0.25, 0.3) is 0 Å². The second-order valence-corrected chi connectivity index (χ2v) is 4.64. The second-order valence-electron chi connectivity index (χ2n) is 3.73. The van der Waals surface area contributed by atoms with Crippen LogP contribution in [-0.4, -0.2) is 23.0 Å². The van der Waals surface area contributed by atoms with Crippen molar-refractivity contribution in [1.82, 2.24) is 0 Å². The minimum absolute atomic E-state index is 0.148. The van der Waals surface area contributed by atoms with Crippen molar-refractivity contribution in [3.05, 3.63) is 52.4 Å². The summed E-state index contributed by atoms with van der Waals surface area (Å²) in [5, 5.41) is 19.3. The van der Waals surface area contributed by atoms with Crippen molar-refractivity contribution in [3.8, 4) is 5.75 Å². The van der Waals surface area contributed by atoms with Crippen LogP contribution >= 0.6 is 15.9 Å². The molecule has 1 atom stereocenters. The Morgan fingerprint density at radius 3 is 2.94 bits per heavy atom. The number of hydrogen-bond donors (Lipinski definition) is 2. The number of aliphatic hydroxyl groups excluding tert-OH is 1. The largest absolute Gasteiger partial charge is 0.507 e. The number of rotatable bonds is 4. The van der Waals surface area contributed by atoms with Gasteiger partial charge in [0.15, 0.2) is 0 Å². The van der Waals surface area contributed by atoms with E-state index in [2.05, 4.69) is 20.9 Å². The van der Waals surface area contributed by atoms with E-state index in [1.807, 2.05) is 0 Å². The molecule has 2 rings (SSSR count). The zero-order valence-corrected chi connectivity index (χ0v) is 11.0.